The smallest absolute Gasteiger partial charge is 0.239 e. The summed E-state index contributed by atoms with van der Waals surface area (Å²) in [6.07, 6.45) is 1.40. The Hall–Kier alpha value is -1.10. The number of halogens is 1. The Morgan fingerprint density at radius 3 is 2.90 bits per heavy atom. The molecule has 3 unspecified atom stereocenters. The van der Waals surface area contributed by atoms with E-state index in [1.54, 1.807) is 0 Å². The van der Waals surface area contributed by atoms with Gasteiger partial charge in [0.2, 0.25) is 5.91 Å². The molecule has 0 radical (unpaired) electrons. The molecule has 0 spiro atoms. The molecule has 2 saturated heterocycles. The molecule has 1 aliphatic carbocycles. The zero-order valence-corrected chi connectivity index (χ0v) is 13.0. The molecule has 2 fully saturated rings. The van der Waals surface area contributed by atoms with Gasteiger partial charge >= 0.3 is 0 Å². The monoisotopic (exact) mass is 306 g/mol. The topological polar surface area (TPSA) is 43.8 Å². The van der Waals surface area contributed by atoms with Gasteiger partial charge in [0.15, 0.2) is 0 Å². The van der Waals surface area contributed by atoms with Crippen molar-refractivity contribution in [3.8, 4) is 0 Å². The first-order valence-electron chi connectivity index (χ1n) is 7.44. The summed E-state index contributed by atoms with van der Waals surface area (Å²) in [5.41, 5.74) is 2.30. The lowest BCUT2D eigenvalue weighted by Crippen LogP contribution is -2.46. The molecule has 2 aliphatic heterocycles. The van der Waals surface area contributed by atoms with E-state index in [0.29, 0.717) is 6.42 Å². The third-order valence-electron chi connectivity index (χ3n) is 5.24. The van der Waals surface area contributed by atoms with E-state index in [1.807, 2.05) is 17.1 Å². The van der Waals surface area contributed by atoms with Gasteiger partial charge in [-0.2, -0.15) is 0 Å². The Labute approximate surface area is 129 Å². The molecule has 4 rings (SSSR count). The van der Waals surface area contributed by atoms with Gasteiger partial charge < -0.3 is 5.11 Å². The predicted octanol–water partition coefficient (Wildman–Crippen LogP) is 2.16. The van der Waals surface area contributed by atoms with Crippen molar-refractivity contribution in [1.82, 2.24) is 10.0 Å². The highest BCUT2D eigenvalue weighted by atomic mass is 35.5. The van der Waals surface area contributed by atoms with Gasteiger partial charge in [0.05, 0.1) is 18.7 Å². The van der Waals surface area contributed by atoms with Crippen LogP contribution in [0.15, 0.2) is 18.2 Å². The predicted molar refractivity (Wildman–Crippen MR) is 79.6 cm³/mol. The zero-order chi connectivity index (χ0) is 14.9. The van der Waals surface area contributed by atoms with Crippen molar-refractivity contribution in [2.75, 3.05) is 6.61 Å². The average molecular weight is 307 g/mol. The molecule has 3 atom stereocenters. The number of hydrazine groups is 1. The van der Waals surface area contributed by atoms with Gasteiger partial charge in [0, 0.05) is 22.9 Å². The van der Waals surface area contributed by atoms with Crippen molar-refractivity contribution in [3.05, 3.63) is 34.3 Å². The molecule has 21 heavy (non-hydrogen) atoms. The number of benzene rings is 1. The maximum absolute atomic E-state index is 12.4. The van der Waals surface area contributed by atoms with E-state index in [-0.39, 0.29) is 36.1 Å². The summed E-state index contributed by atoms with van der Waals surface area (Å²) in [6, 6.07) is 6.07. The van der Waals surface area contributed by atoms with Gasteiger partial charge in [0.25, 0.3) is 0 Å². The highest BCUT2D eigenvalue weighted by molar-refractivity contribution is 6.30. The van der Waals surface area contributed by atoms with Crippen LogP contribution in [-0.2, 0) is 11.2 Å². The summed E-state index contributed by atoms with van der Waals surface area (Å²) in [5.74, 6) is 0.379. The van der Waals surface area contributed by atoms with Crippen molar-refractivity contribution in [2.45, 2.75) is 44.3 Å². The number of carbonyl (C=O) groups is 1. The Morgan fingerprint density at radius 1 is 1.43 bits per heavy atom. The van der Waals surface area contributed by atoms with Crippen LogP contribution in [0.3, 0.4) is 0 Å². The number of carbonyl (C=O) groups excluding carboxylic acids is 1. The molecule has 1 aromatic rings. The molecule has 5 heteroatoms. The molecule has 112 valence electrons. The van der Waals surface area contributed by atoms with E-state index in [2.05, 4.69) is 24.9 Å². The first kappa shape index (κ1) is 13.6. The first-order valence-corrected chi connectivity index (χ1v) is 7.82. The number of aliphatic hydroxyl groups excluding tert-OH is 1. The summed E-state index contributed by atoms with van der Waals surface area (Å²) in [6.45, 7) is 4.22. The second kappa shape index (κ2) is 4.22. The number of hydrogen-bond donors (Lipinski definition) is 1. The molecule has 0 bridgehead atoms. The van der Waals surface area contributed by atoms with Crippen LogP contribution in [0.4, 0.5) is 0 Å². The fourth-order valence-corrected chi connectivity index (χ4v) is 4.66. The molecule has 4 nitrogen and oxygen atoms in total. The maximum Gasteiger partial charge on any atom is 0.239 e. The minimum atomic E-state index is -0.214. The van der Waals surface area contributed by atoms with E-state index >= 15 is 0 Å². The number of aliphatic hydroxyl groups is 1. The number of amides is 1. The first-order chi connectivity index (χ1) is 9.94. The SMILES string of the molecule is CC1(C)CC(=O)N2C(CO)C3Cc4ccc(Cl)cc4C3N21. The van der Waals surface area contributed by atoms with E-state index in [4.69, 9.17) is 11.6 Å². The van der Waals surface area contributed by atoms with Crippen LogP contribution >= 0.6 is 11.6 Å². The quantitative estimate of drug-likeness (QED) is 0.864. The number of hydrogen-bond acceptors (Lipinski definition) is 3. The average Bonchev–Trinajstić information content (AvgIpc) is 2.98. The van der Waals surface area contributed by atoms with Crippen molar-refractivity contribution in [3.63, 3.8) is 0 Å². The van der Waals surface area contributed by atoms with E-state index in [0.717, 1.165) is 11.4 Å². The van der Waals surface area contributed by atoms with Crippen LogP contribution in [0.5, 0.6) is 0 Å². The molecule has 3 aliphatic rings. The van der Waals surface area contributed by atoms with Gasteiger partial charge in [-0.1, -0.05) is 17.7 Å². The number of rotatable bonds is 1. The van der Waals surface area contributed by atoms with Gasteiger partial charge in [-0.3, -0.25) is 9.80 Å². The normalized spacial score (nSPS) is 33.2. The lowest BCUT2D eigenvalue weighted by atomic mass is 9.90. The van der Waals surface area contributed by atoms with Crippen molar-refractivity contribution < 1.29 is 9.90 Å². The fraction of sp³-hybridized carbons (Fsp3) is 0.562. The fourth-order valence-electron chi connectivity index (χ4n) is 4.48. The highest BCUT2D eigenvalue weighted by Gasteiger charge is 2.61. The molecular weight excluding hydrogens is 288 g/mol. The highest BCUT2D eigenvalue weighted by Crippen LogP contribution is 2.55. The van der Waals surface area contributed by atoms with Gasteiger partial charge in [0.1, 0.15) is 0 Å². The third kappa shape index (κ3) is 1.67. The largest absolute Gasteiger partial charge is 0.394 e. The van der Waals surface area contributed by atoms with E-state index in [9.17, 15) is 9.90 Å². The lowest BCUT2D eigenvalue weighted by molar-refractivity contribution is -0.142. The minimum absolute atomic E-state index is 0.0151. The summed E-state index contributed by atoms with van der Waals surface area (Å²) >= 11 is 6.18. The Bertz CT molecular complexity index is 631. The Kier molecular flexibility index (Phi) is 2.72. The van der Waals surface area contributed by atoms with Crippen molar-refractivity contribution in [1.29, 1.82) is 0 Å². The van der Waals surface area contributed by atoms with Crippen LogP contribution in [0, 0.1) is 5.92 Å². The summed E-state index contributed by atoms with van der Waals surface area (Å²) in [4.78, 5) is 12.4. The molecule has 2 heterocycles. The Morgan fingerprint density at radius 2 is 2.19 bits per heavy atom. The summed E-state index contributed by atoms with van der Waals surface area (Å²) in [7, 11) is 0. The van der Waals surface area contributed by atoms with Crippen LogP contribution in [0.1, 0.15) is 37.4 Å². The lowest BCUT2D eigenvalue weighted by Gasteiger charge is -2.36. The molecule has 1 aromatic carbocycles. The third-order valence-corrected chi connectivity index (χ3v) is 5.47. The minimum Gasteiger partial charge on any atom is -0.394 e. The number of fused-ring (bicyclic) bond motifs is 5. The van der Waals surface area contributed by atoms with Crippen molar-refractivity contribution in [2.24, 2.45) is 5.92 Å². The maximum atomic E-state index is 12.4. The van der Waals surface area contributed by atoms with E-state index in [1.165, 1.54) is 11.1 Å². The summed E-state index contributed by atoms with van der Waals surface area (Å²) in [5, 5.41) is 14.6. The van der Waals surface area contributed by atoms with Crippen molar-refractivity contribution >= 4 is 17.5 Å². The van der Waals surface area contributed by atoms with Gasteiger partial charge in [-0.05, 0) is 43.5 Å². The van der Waals surface area contributed by atoms with Crippen LogP contribution in [0.2, 0.25) is 5.02 Å². The molecule has 1 N–H and O–H groups in total. The summed E-state index contributed by atoms with van der Waals surface area (Å²) < 4.78 is 0. The van der Waals surface area contributed by atoms with Crippen LogP contribution in [0.25, 0.3) is 0 Å². The zero-order valence-electron chi connectivity index (χ0n) is 12.2. The molecule has 0 aromatic heterocycles. The van der Waals surface area contributed by atoms with Crippen LogP contribution < -0.4 is 0 Å². The standard InChI is InChI=1S/C16H19ClN2O2/c1-16(2)7-14(21)18-13(8-20)12-5-9-3-4-10(17)6-11(9)15(12)19(16)18/h3-4,6,12-13,15,20H,5,7-8H2,1-2H3. The van der Waals surface area contributed by atoms with Gasteiger partial charge in [-0.15, -0.1) is 0 Å². The molecule has 1 amide bonds. The Balaban J connectivity index is 1.86. The van der Waals surface area contributed by atoms with Gasteiger partial charge in [-0.25, -0.2) is 5.01 Å². The van der Waals surface area contributed by atoms with Crippen LogP contribution in [-0.4, -0.2) is 39.2 Å². The van der Waals surface area contributed by atoms with E-state index < -0.39 is 0 Å². The molecular formula is C16H19ClN2O2. The molecule has 0 saturated carbocycles. The second-order valence-corrected chi connectivity index (χ2v) is 7.41. The second-order valence-electron chi connectivity index (χ2n) is 6.98. The number of nitrogens with zero attached hydrogens (tertiary/aromatic N) is 2.